The van der Waals surface area contributed by atoms with Crippen LogP contribution >= 0.6 is 11.6 Å². The molecule has 1 amide bonds. The summed E-state index contributed by atoms with van der Waals surface area (Å²) in [4.78, 5) is 16.1. The van der Waals surface area contributed by atoms with E-state index in [0.29, 0.717) is 42.7 Å². The van der Waals surface area contributed by atoms with Crippen molar-refractivity contribution in [3.63, 3.8) is 0 Å². The Hall–Kier alpha value is -2.45. The highest BCUT2D eigenvalue weighted by molar-refractivity contribution is 6.31. The number of halogens is 4. The van der Waals surface area contributed by atoms with Gasteiger partial charge in [-0.05, 0) is 23.3 Å². The van der Waals surface area contributed by atoms with E-state index in [0.717, 1.165) is 11.6 Å². The molecule has 1 saturated heterocycles. The number of hydrogen-bond acceptors (Lipinski definition) is 4. The highest BCUT2D eigenvalue weighted by Gasteiger charge is 2.34. The average Bonchev–Trinajstić information content (AvgIpc) is 2.90. The van der Waals surface area contributed by atoms with Gasteiger partial charge in [0.15, 0.2) is 11.5 Å². The molecule has 0 bridgehead atoms. The maximum absolute atomic E-state index is 13.3. The van der Waals surface area contributed by atoms with Crippen LogP contribution in [0.1, 0.15) is 23.1 Å². The van der Waals surface area contributed by atoms with Crippen molar-refractivity contribution in [3.05, 3.63) is 58.1 Å². The second kappa shape index (κ2) is 9.78. The molecule has 31 heavy (non-hydrogen) atoms. The molecule has 1 heterocycles. The van der Waals surface area contributed by atoms with E-state index in [1.807, 2.05) is 0 Å². The fourth-order valence-electron chi connectivity index (χ4n) is 3.63. The summed E-state index contributed by atoms with van der Waals surface area (Å²) in [6.45, 7) is 1.75. The van der Waals surface area contributed by atoms with E-state index in [1.54, 1.807) is 18.2 Å². The molecule has 0 aromatic heterocycles. The first-order valence-corrected chi connectivity index (χ1v) is 10.2. The fourth-order valence-corrected chi connectivity index (χ4v) is 3.85. The summed E-state index contributed by atoms with van der Waals surface area (Å²) in [6.07, 6.45) is -4.24. The quantitative estimate of drug-likeness (QED) is 0.636. The van der Waals surface area contributed by atoms with Gasteiger partial charge in [0.05, 0.1) is 19.8 Å². The normalized spacial score (nSPS) is 15.7. The Labute approximate surface area is 184 Å². The number of carbonyl (C=O) groups excluding carboxylic acids is 1. The molecule has 1 fully saturated rings. The molecule has 0 spiro atoms. The minimum atomic E-state index is -4.46. The predicted molar refractivity (Wildman–Crippen MR) is 111 cm³/mol. The lowest BCUT2D eigenvalue weighted by Crippen LogP contribution is -2.33. The summed E-state index contributed by atoms with van der Waals surface area (Å²) in [5.74, 6) is 0.910. The third-order valence-electron chi connectivity index (χ3n) is 5.31. The molecule has 0 unspecified atom stereocenters. The van der Waals surface area contributed by atoms with Crippen molar-refractivity contribution in [2.45, 2.75) is 25.7 Å². The number of alkyl halides is 3. The monoisotopic (exact) mass is 456 g/mol. The zero-order valence-electron chi connectivity index (χ0n) is 17.3. The molecule has 3 rings (SSSR count). The number of methoxy groups -OCH3 is 2. The highest BCUT2D eigenvalue weighted by Crippen LogP contribution is 2.34. The molecule has 0 saturated carbocycles. The van der Waals surface area contributed by atoms with Gasteiger partial charge < -0.3 is 14.4 Å². The van der Waals surface area contributed by atoms with Crippen LogP contribution in [0, 0.1) is 0 Å². The Morgan fingerprint density at radius 1 is 0.968 bits per heavy atom. The molecular formula is C22H24ClF3N2O3. The molecule has 2 aromatic rings. The first-order chi connectivity index (χ1) is 14.7. The number of hydrogen-bond donors (Lipinski definition) is 0. The lowest BCUT2D eigenvalue weighted by Gasteiger charge is -2.24. The van der Waals surface area contributed by atoms with Crippen LogP contribution in [0.4, 0.5) is 13.2 Å². The minimum Gasteiger partial charge on any atom is -0.493 e. The van der Waals surface area contributed by atoms with Crippen LogP contribution in [0.2, 0.25) is 5.02 Å². The number of ether oxygens (including phenoxy) is 2. The van der Waals surface area contributed by atoms with Crippen LogP contribution < -0.4 is 9.47 Å². The van der Waals surface area contributed by atoms with E-state index in [1.165, 1.54) is 31.3 Å². The predicted octanol–water partition coefficient (Wildman–Crippen LogP) is 4.61. The summed E-state index contributed by atoms with van der Waals surface area (Å²) < 4.78 is 50.5. The van der Waals surface area contributed by atoms with Crippen molar-refractivity contribution in [1.29, 1.82) is 0 Å². The summed E-state index contributed by atoms with van der Waals surface area (Å²) in [6, 6.07) is 8.85. The minimum absolute atomic E-state index is 0.0700. The smallest absolute Gasteiger partial charge is 0.416 e. The van der Waals surface area contributed by atoms with Crippen molar-refractivity contribution in [2.75, 3.05) is 33.9 Å². The molecule has 0 aliphatic carbocycles. The van der Waals surface area contributed by atoms with Crippen LogP contribution in [-0.2, 0) is 24.1 Å². The number of nitrogens with zero attached hydrogens (tertiary/aromatic N) is 2. The number of carbonyl (C=O) groups is 1. The van der Waals surface area contributed by atoms with Gasteiger partial charge in [0.1, 0.15) is 0 Å². The SMILES string of the molecule is COc1cc(Cl)c(CN2CCC(=O)N(Cc3ccccc3C(F)(F)F)CC2)cc1OC. The Kier molecular flexibility index (Phi) is 7.33. The van der Waals surface area contributed by atoms with E-state index in [4.69, 9.17) is 21.1 Å². The van der Waals surface area contributed by atoms with Crippen molar-refractivity contribution < 1.29 is 27.4 Å². The lowest BCUT2D eigenvalue weighted by atomic mass is 10.1. The first-order valence-electron chi connectivity index (χ1n) is 9.78. The van der Waals surface area contributed by atoms with Gasteiger partial charge >= 0.3 is 6.18 Å². The largest absolute Gasteiger partial charge is 0.493 e. The van der Waals surface area contributed by atoms with Gasteiger partial charge in [0, 0.05) is 50.2 Å². The first kappa shape index (κ1) is 23.2. The molecule has 2 aromatic carbocycles. The molecule has 1 aliphatic heterocycles. The fraction of sp³-hybridized carbons (Fsp3) is 0.409. The zero-order chi connectivity index (χ0) is 22.6. The molecule has 0 radical (unpaired) electrons. The average molecular weight is 457 g/mol. The molecule has 168 valence electrons. The number of benzene rings is 2. The Bertz CT molecular complexity index is 937. The van der Waals surface area contributed by atoms with Gasteiger partial charge in [-0.25, -0.2) is 0 Å². The van der Waals surface area contributed by atoms with E-state index < -0.39 is 11.7 Å². The Morgan fingerprint density at radius 2 is 1.65 bits per heavy atom. The van der Waals surface area contributed by atoms with E-state index >= 15 is 0 Å². The van der Waals surface area contributed by atoms with Gasteiger partial charge in [-0.3, -0.25) is 9.69 Å². The summed E-state index contributed by atoms with van der Waals surface area (Å²) in [7, 11) is 3.07. The second-order valence-corrected chi connectivity index (χ2v) is 7.70. The number of amides is 1. The van der Waals surface area contributed by atoms with Crippen LogP contribution in [0.3, 0.4) is 0 Å². The second-order valence-electron chi connectivity index (χ2n) is 7.29. The van der Waals surface area contributed by atoms with Crippen LogP contribution in [0.15, 0.2) is 36.4 Å². The Balaban J connectivity index is 1.71. The van der Waals surface area contributed by atoms with Gasteiger partial charge in [-0.1, -0.05) is 29.8 Å². The summed E-state index contributed by atoms with van der Waals surface area (Å²) >= 11 is 6.38. The lowest BCUT2D eigenvalue weighted by molar-refractivity contribution is -0.139. The van der Waals surface area contributed by atoms with Crippen molar-refractivity contribution in [3.8, 4) is 11.5 Å². The standard InChI is InChI=1S/C22H24ClF3N2O3/c1-30-19-11-16(18(23)12-20(19)31-2)13-27-8-7-21(29)28(10-9-27)14-15-5-3-4-6-17(15)22(24,25)26/h3-6,11-12H,7-10,13-14H2,1-2H3. The zero-order valence-corrected chi connectivity index (χ0v) is 18.1. The Morgan fingerprint density at radius 3 is 2.32 bits per heavy atom. The molecule has 5 nitrogen and oxygen atoms in total. The van der Waals surface area contributed by atoms with Crippen LogP contribution in [0.5, 0.6) is 11.5 Å². The van der Waals surface area contributed by atoms with E-state index in [-0.39, 0.29) is 24.4 Å². The third-order valence-corrected chi connectivity index (χ3v) is 5.66. The molecule has 0 atom stereocenters. The highest BCUT2D eigenvalue weighted by atomic mass is 35.5. The topological polar surface area (TPSA) is 42.0 Å². The van der Waals surface area contributed by atoms with Crippen molar-refractivity contribution in [2.24, 2.45) is 0 Å². The maximum atomic E-state index is 13.3. The third kappa shape index (κ3) is 5.62. The van der Waals surface area contributed by atoms with E-state index in [2.05, 4.69) is 4.90 Å². The van der Waals surface area contributed by atoms with Gasteiger partial charge in [-0.2, -0.15) is 13.2 Å². The number of rotatable bonds is 6. The maximum Gasteiger partial charge on any atom is 0.416 e. The van der Waals surface area contributed by atoms with Crippen molar-refractivity contribution >= 4 is 17.5 Å². The summed E-state index contributed by atoms with van der Waals surface area (Å²) in [5, 5.41) is 0.518. The molecule has 1 aliphatic rings. The van der Waals surface area contributed by atoms with E-state index in [9.17, 15) is 18.0 Å². The van der Waals surface area contributed by atoms with Crippen LogP contribution in [-0.4, -0.2) is 49.6 Å². The van der Waals surface area contributed by atoms with Gasteiger partial charge in [0.25, 0.3) is 0 Å². The van der Waals surface area contributed by atoms with Crippen LogP contribution in [0.25, 0.3) is 0 Å². The molecular weight excluding hydrogens is 433 g/mol. The van der Waals surface area contributed by atoms with Gasteiger partial charge in [0.2, 0.25) is 5.91 Å². The summed E-state index contributed by atoms with van der Waals surface area (Å²) in [5.41, 5.74) is 0.211. The molecule has 9 heteroatoms. The van der Waals surface area contributed by atoms with Gasteiger partial charge in [-0.15, -0.1) is 0 Å². The van der Waals surface area contributed by atoms with Crippen molar-refractivity contribution in [1.82, 2.24) is 9.80 Å². The molecule has 0 N–H and O–H groups in total.